The number of rotatable bonds is 9. The van der Waals surface area contributed by atoms with E-state index in [1.54, 1.807) is 0 Å². The first-order valence-electron chi connectivity index (χ1n) is 9.94. The van der Waals surface area contributed by atoms with Gasteiger partial charge in [-0.3, -0.25) is 14.8 Å². The molecule has 1 aromatic rings. The van der Waals surface area contributed by atoms with Crippen molar-refractivity contribution in [2.45, 2.75) is 63.2 Å². The van der Waals surface area contributed by atoms with E-state index < -0.39 is 35.3 Å². The Morgan fingerprint density at radius 2 is 1.90 bits per heavy atom. The van der Waals surface area contributed by atoms with E-state index in [1.165, 1.54) is 5.48 Å². The molecule has 4 N–H and O–H groups in total. The second kappa shape index (κ2) is 10.8. The lowest BCUT2D eigenvalue weighted by atomic mass is 9.85. The van der Waals surface area contributed by atoms with Crippen LogP contribution in [0.3, 0.4) is 0 Å². The standard InChI is InChI=1S/C22H28N2O6/c1-3-9-17(22(2,28)21(27)24-29)19(25)23-18(14-15-10-5-4-6-11-15)20(26)30-16-12-7-8-13-16/h1,4-6,10-11,16-18,28-29H,7-9,12-14H2,2H3,(H,23,25)(H,24,27)/t17-,18-,22-/m0/s1. The molecule has 0 bridgehead atoms. The Labute approximate surface area is 176 Å². The average Bonchev–Trinajstić information content (AvgIpc) is 3.24. The Morgan fingerprint density at radius 1 is 1.27 bits per heavy atom. The second-order valence-corrected chi connectivity index (χ2v) is 7.64. The molecule has 30 heavy (non-hydrogen) atoms. The quantitative estimate of drug-likeness (QED) is 0.207. The fraction of sp³-hybridized carbons (Fsp3) is 0.500. The van der Waals surface area contributed by atoms with E-state index in [2.05, 4.69) is 11.2 Å². The van der Waals surface area contributed by atoms with Crippen molar-refractivity contribution in [3.63, 3.8) is 0 Å². The smallest absolute Gasteiger partial charge is 0.329 e. The van der Waals surface area contributed by atoms with Gasteiger partial charge in [-0.2, -0.15) is 0 Å². The van der Waals surface area contributed by atoms with Crippen LogP contribution in [0.2, 0.25) is 0 Å². The topological polar surface area (TPSA) is 125 Å². The predicted octanol–water partition coefficient (Wildman–Crippen LogP) is 1.10. The zero-order valence-electron chi connectivity index (χ0n) is 17.0. The number of carbonyl (C=O) groups excluding carboxylic acids is 3. The molecule has 3 atom stereocenters. The highest BCUT2D eigenvalue weighted by Gasteiger charge is 2.44. The summed E-state index contributed by atoms with van der Waals surface area (Å²) in [5.74, 6) is -1.68. The zero-order valence-corrected chi connectivity index (χ0v) is 17.0. The van der Waals surface area contributed by atoms with Crippen molar-refractivity contribution in [1.82, 2.24) is 10.8 Å². The number of esters is 1. The van der Waals surface area contributed by atoms with Crippen LogP contribution in [0.15, 0.2) is 30.3 Å². The Balaban J connectivity index is 2.21. The number of nitrogens with one attached hydrogen (secondary N) is 2. The van der Waals surface area contributed by atoms with Gasteiger partial charge in [0.15, 0.2) is 5.60 Å². The lowest BCUT2D eigenvalue weighted by Gasteiger charge is -2.30. The summed E-state index contributed by atoms with van der Waals surface area (Å²) in [5, 5.41) is 21.9. The van der Waals surface area contributed by atoms with Gasteiger partial charge in [0.25, 0.3) is 5.91 Å². The maximum absolute atomic E-state index is 12.9. The van der Waals surface area contributed by atoms with E-state index in [4.69, 9.17) is 16.4 Å². The number of carbonyl (C=O) groups is 3. The summed E-state index contributed by atoms with van der Waals surface area (Å²) >= 11 is 0. The summed E-state index contributed by atoms with van der Waals surface area (Å²) in [6.45, 7) is 1.07. The first kappa shape index (κ1) is 23.4. The molecule has 0 aromatic heterocycles. The molecule has 0 heterocycles. The van der Waals surface area contributed by atoms with Crippen LogP contribution in [0.4, 0.5) is 0 Å². The van der Waals surface area contributed by atoms with Gasteiger partial charge in [-0.1, -0.05) is 30.3 Å². The summed E-state index contributed by atoms with van der Waals surface area (Å²) in [6.07, 6.45) is 8.55. The zero-order chi connectivity index (χ0) is 22.1. The van der Waals surface area contributed by atoms with Crippen molar-refractivity contribution in [2.24, 2.45) is 5.92 Å². The molecular weight excluding hydrogens is 388 g/mol. The lowest BCUT2D eigenvalue weighted by Crippen LogP contribution is -2.56. The van der Waals surface area contributed by atoms with Crippen molar-refractivity contribution in [3.05, 3.63) is 35.9 Å². The van der Waals surface area contributed by atoms with Crippen molar-refractivity contribution in [1.29, 1.82) is 0 Å². The maximum Gasteiger partial charge on any atom is 0.329 e. The number of aliphatic hydroxyl groups is 1. The van der Waals surface area contributed by atoms with Crippen LogP contribution in [-0.4, -0.2) is 45.8 Å². The largest absolute Gasteiger partial charge is 0.461 e. The fourth-order valence-electron chi connectivity index (χ4n) is 3.50. The molecule has 0 aliphatic heterocycles. The molecule has 0 spiro atoms. The van der Waals surface area contributed by atoms with E-state index in [-0.39, 0.29) is 18.9 Å². The molecule has 8 heteroatoms. The Hall–Kier alpha value is -2.89. The molecule has 2 amide bonds. The molecule has 8 nitrogen and oxygen atoms in total. The van der Waals surface area contributed by atoms with E-state index >= 15 is 0 Å². The SMILES string of the molecule is C#CC[C@@H](C(=O)N[C@@H](Cc1ccccc1)C(=O)OC1CCCC1)[C@](C)(O)C(=O)NO. The van der Waals surface area contributed by atoms with Gasteiger partial charge in [-0.05, 0) is 38.2 Å². The molecule has 1 aromatic carbocycles. The van der Waals surface area contributed by atoms with Crippen LogP contribution in [-0.2, 0) is 25.5 Å². The number of terminal acetylenes is 1. The Bertz CT molecular complexity index is 781. The van der Waals surface area contributed by atoms with E-state index in [9.17, 15) is 19.5 Å². The third-order valence-electron chi connectivity index (χ3n) is 5.35. The monoisotopic (exact) mass is 416 g/mol. The predicted molar refractivity (Wildman–Crippen MR) is 108 cm³/mol. The van der Waals surface area contributed by atoms with Crippen molar-refractivity contribution < 1.29 is 29.4 Å². The number of hydroxylamine groups is 1. The number of ether oxygens (including phenoxy) is 1. The molecule has 1 fully saturated rings. The third-order valence-corrected chi connectivity index (χ3v) is 5.35. The van der Waals surface area contributed by atoms with Crippen LogP contribution in [0.5, 0.6) is 0 Å². The minimum absolute atomic E-state index is 0.176. The van der Waals surface area contributed by atoms with E-state index in [0.29, 0.717) is 0 Å². The average molecular weight is 416 g/mol. The number of hydrogen-bond acceptors (Lipinski definition) is 6. The summed E-state index contributed by atoms with van der Waals surface area (Å²) in [7, 11) is 0. The fourth-order valence-corrected chi connectivity index (χ4v) is 3.50. The minimum Gasteiger partial charge on any atom is -0.461 e. The highest BCUT2D eigenvalue weighted by atomic mass is 16.5. The highest BCUT2D eigenvalue weighted by Crippen LogP contribution is 2.23. The van der Waals surface area contributed by atoms with Crippen molar-refractivity contribution in [2.75, 3.05) is 0 Å². The minimum atomic E-state index is -2.28. The summed E-state index contributed by atoms with van der Waals surface area (Å²) in [4.78, 5) is 37.6. The lowest BCUT2D eigenvalue weighted by molar-refractivity contribution is -0.159. The Kier molecular flexibility index (Phi) is 8.39. The molecule has 162 valence electrons. The van der Waals surface area contributed by atoms with Gasteiger partial charge in [0.2, 0.25) is 5.91 Å². The van der Waals surface area contributed by atoms with Crippen LogP contribution in [0.1, 0.15) is 44.6 Å². The Morgan fingerprint density at radius 3 is 2.47 bits per heavy atom. The molecule has 1 saturated carbocycles. The second-order valence-electron chi connectivity index (χ2n) is 7.64. The molecule has 1 aliphatic rings. The molecule has 0 saturated heterocycles. The van der Waals surface area contributed by atoms with Crippen LogP contribution in [0, 0.1) is 18.3 Å². The van der Waals surface area contributed by atoms with Crippen molar-refractivity contribution >= 4 is 17.8 Å². The van der Waals surface area contributed by atoms with E-state index in [1.807, 2.05) is 30.3 Å². The summed E-state index contributed by atoms with van der Waals surface area (Å²) in [6, 6.07) is 8.07. The van der Waals surface area contributed by atoms with Crippen LogP contribution >= 0.6 is 0 Å². The highest BCUT2D eigenvalue weighted by molar-refractivity contribution is 5.93. The van der Waals surface area contributed by atoms with Gasteiger partial charge in [0, 0.05) is 12.8 Å². The molecular formula is C22H28N2O6. The van der Waals surface area contributed by atoms with Gasteiger partial charge in [0.1, 0.15) is 12.1 Å². The normalized spacial score (nSPS) is 17.8. The number of amides is 2. The first-order chi connectivity index (χ1) is 14.3. The van der Waals surface area contributed by atoms with Gasteiger partial charge in [-0.15, -0.1) is 12.3 Å². The molecule has 2 rings (SSSR count). The summed E-state index contributed by atoms with van der Waals surface area (Å²) in [5.41, 5.74) is -0.141. The number of hydrogen-bond donors (Lipinski definition) is 4. The molecule has 1 aliphatic carbocycles. The number of benzene rings is 1. The third kappa shape index (κ3) is 6.05. The summed E-state index contributed by atoms with van der Waals surface area (Å²) < 4.78 is 5.56. The van der Waals surface area contributed by atoms with Crippen LogP contribution < -0.4 is 10.8 Å². The van der Waals surface area contributed by atoms with Crippen LogP contribution in [0.25, 0.3) is 0 Å². The van der Waals surface area contributed by atoms with E-state index in [0.717, 1.165) is 38.2 Å². The van der Waals surface area contributed by atoms with Gasteiger partial charge in [-0.25, -0.2) is 10.3 Å². The van der Waals surface area contributed by atoms with Crippen molar-refractivity contribution in [3.8, 4) is 12.3 Å². The van der Waals surface area contributed by atoms with Gasteiger partial charge < -0.3 is 15.2 Å². The maximum atomic E-state index is 12.9. The molecule has 0 unspecified atom stereocenters. The molecule has 0 radical (unpaired) electrons. The van der Waals surface area contributed by atoms with Gasteiger partial charge >= 0.3 is 5.97 Å². The van der Waals surface area contributed by atoms with Gasteiger partial charge in [0.05, 0.1) is 5.92 Å². The first-order valence-corrected chi connectivity index (χ1v) is 9.94.